The molecule has 0 aliphatic rings. The third-order valence-electron chi connectivity index (χ3n) is 10.9. The maximum absolute atomic E-state index is 9.32. The van der Waals surface area contributed by atoms with Crippen molar-refractivity contribution in [2.45, 2.75) is 0 Å². The minimum absolute atomic E-state index is 0.158. The topological polar surface area (TPSA) is 48.5 Å². The molecule has 0 atom stereocenters. The van der Waals surface area contributed by atoms with Crippen LogP contribution in [-0.4, -0.2) is 24.1 Å². The van der Waals surface area contributed by atoms with Gasteiger partial charge < -0.3 is 0 Å². The molecule has 290 valence electrons. The lowest BCUT2D eigenvalue weighted by Gasteiger charge is -2.15. The summed E-state index contributed by atoms with van der Waals surface area (Å²) in [5.74, 6) is -1.11. The van der Waals surface area contributed by atoms with Gasteiger partial charge in [-0.1, -0.05) is 170 Å². The zero-order valence-electron chi connectivity index (χ0n) is 48.4. The van der Waals surface area contributed by atoms with E-state index >= 15 is 0 Å². The molecule has 0 amide bonds. The van der Waals surface area contributed by atoms with E-state index in [0.717, 1.165) is 42.5 Å². The van der Waals surface area contributed by atoms with Gasteiger partial charge in [-0.2, -0.15) is 15.0 Å². The molecule has 9 aromatic carbocycles. The van der Waals surface area contributed by atoms with Gasteiger partial charge in [-0.15, -0.1) is 0 Å². The third-order valence-corrected chi connectivity index (χ3v) is 10.9. The SMILES string of the molecule is [2H]c1c([2H])c([2H])c2c(c1[2H])c1c([2H])c([2H])c([2H])c([2H])c1n2-c1nc(-c2cc(-c3ccccc3)cc(-c3cccc(-c4cccc(-c5ccccc5)c4)c3)c2)nc(-n2c3c([2H])c([2H])c([2H])c([2H])c3c3c([2H])c([2H])c([2H])c([2H])c32)n1. The first kappa shape index (κ1) is 22.8. The maximum Gasteiger partial charge on any atom is 0.240 e. The van der Waals surface area contributed by atoms with Crippen molar-refractivity contribution in [2.75, 3.05) is 0 Å². The summed E-state index contributed by atoms with van der Waals surface area (Å²) in [5, 5.41) is -1.08. The van der Waals surface area contributed by atoms with Crippen molar-refractivity contribution in [3.8, 4) is 67.8 Å². The van der Waals surface area contributed by atoms with E-state index in [2.05, 4.69) is 6.07 Å². The fourth-order valence-corrected chi connectivity index (χ4v) is 8.03. The van der Waals surface area contributed by atoms with Crippen LogP contribution in [-0.2, 0) is 0 Å². The molecule has 62 heavy (non-hydrogen) atoms. The summed E-state index contributed by atoms with van der Waals surface area (Å²) >= 11 is 0. The Morgan fingerprint density at radius 2 is 0.597 bits per heavy atom. The molecule has 3 aromatic heterocycles. The van der Waals surface area contributed by atoms with Crippen LogP contribution in [0.4, 0.5) is 0 Å². The van der Waals surface area contributed by atoms with E-state index in [0.29, 0.717) is 16.7 Å². The lowest BCUT2D eigenvalue weighted by atomic mass is 9.93. The van der Waals surface area contributed by atoms with E-state index in [-0.39, 0.29) is 49.4 Å². The van der Waals surface area contributed by atoms with E-state index in [4.69, 9.17) is 31.4 Å². The number of aromatic nitrogens is 5. The Bertz CT molecular complexity index is 4250. The van der Waals surface area contributed by atoms with Crippen LogP contribution in [0.3, 0.4) is 0 Å². The minimum Gasteiger partial charge on any atom is -0.278 e. The number of benzene rings is 9. The van der Waals surface area contributed by atoms with E-state index in [1.807, 2.05) is 115 Å². The van der Waals surface area contributed by atoms with E-state index in [9.17, 15) is 5.48 Å². The van der Waals surface area contributed by atoms with Crippen molar-refractivity contribution in [1.29, 1.82) is 0 Å². The Labute approximate surface area is 381 Å². The highest BCUT2D eigenvalue weighted by Crippen LogP contribution is 2.38. The first-order chi connectivity index (χ1) is 37.4. The lowest BCUT2D eigenvalue weighted by molar-refractivity contribution is 0.893. The molecule has 0 fully saturated rings. The molecule has 12 aromatic rings. The van der Waals surface area contributed by atoms with Crippen LogP contribution in [0.5, 0.6) is 0 Å². The van der Waals surface area contributed by atoms with Gasteiger partial charge in [0.1, 0.15) is 0 Å². The summed E-state index contributed by atoms with van der Waals surface area (Å²) in [7, 11) is 0. The van der Waals surface area contributed by atoms with E-state index in [1.165, 1.54) is 0 Å². The van der Waals surface area contributed by atoms with Crippen LogP contribution < -0.4 is 0 Å². The summed E-state index contributed by atoms with van der Waals surface area (Å²) in [6.07, 6.45) is 0. The van der Waals surface area contributed by atoms with Crippen LogP contribution in [0, 0.1) is 0 Å². The fourth-order valence-electron chi connectivity index (χ4n) is 8.03. The average molecular weight is 808 g/mol. The number of fused-ring (bicyclic) bond motifs is 6. The highest BCUT2D eigenvalue weighted by Gasteiger charge is 2.21. The normalized spacial score (nSPS) is 15.2. The Hall–Kier alpha value is -8.41. The average Bonchev–Trinajstić information content (AvgIpc) is 3.89. The molecule has 0 bridgehead atoms. The number of nitrogens with zero attached hydrogens (tertiary/aromatic N) is 5. The molecular formula is C57H37N5. The van der Waals surface area contributed by atoms with E-state index in [1.54, 1.807) is 6.07 Å². The zero-order chi connectivity index (χ0) is 54.9. The first-order valence-electron chi connectivity index (χ1n) is 27.6. The smallest absolute Gasteiger partial charge is 0.240 e. The van der Waals surface area contributed by atoms with Crippen molar-refractivity contribution in [1.82, 2.24) is 24.1 Å². The second-order valence-electron chi connectivity index (χ2n) is 14.5. The molecule has 0 radical (unpaired) electrons. The van der Waals surface area contributed by atoms with Crippen molar-refractivity contribution in [2.24, 2.45) is 0 Å². The Morgan fingerprint density at radius 1 is 0.290 bits per heavy atom. The number of para-hydroxylation sites is 4. The highest BCUT2D eigenvalue weighted by molar-refractivity contribution is 6.10. The second-order valence-corrected chi connectivity index (χ2v) is 14.5. The standard InChI is InChI=1S/C57H37N5/c1-3-17-38(18-4-1)40-21-15-22-41(33-40)42-23-16-24-43(34-42)45-35-44(39-19-5-2-6-20-39)36-46(37-45)55-58-56(61-51-29-11-7-25-47(51)48-26-8-12-30-52(48)61)60-57(59-55)62-53-31-13-9-27-49(53)50-28-10-14-32-54(50)62/h1-37H/i7D,8D,9D,10D,11D,12D,13D,14D,25D,26D,27D,28D,29D,30D,31D,32D. The predicted octanol–water partition coefficient (Wildman–Crippen LogP) is 14.4. The second kappa shape index (κ2) is 14.7. The van der Waals surface area contributed by atoms with Crippen molar-refractivity contribution < 1.29 is 21.9 Å². The van der Waals surface area contributed by atoms with Crippen LogP contribution in [0.1, 0.15) is 21.9 Å². The lowest BCUT2D eigenvalue weighted by Crippen LogP contribution is -2.10. The van der Waals surface area contributed by atoms with Crippen molar-refractivity contribution >= 4 is 43.6 Å². The minimum atomic E-state index is -0.704. The zero-order valence-corrected chi connectivity index (χ0v) is 32.4. The van der Waals surface area contributed by atoms with Gasteiger partial charge in [0.05, 0.1) is 44.0 Å². The molecule has 12 rings (SSSR count). The summed E-state index contributed by atoms with van der Waals surface area (Å²) in [6.45, 7) is 0. The summed E-state index contributed by atoms with van der Waals surface area (Å²) in [6, 6.07) is 30.6. The summed E-state index contributed by atoms with van der Waals surface area (Å²) in [5.41, 5.74) is 5.84. The van der Waals surface area contributed by atoms with E-state index < -0.39 is 109 Å². The van der Waals surface area contributed by atoms with Gasteiger partial charge in [0, 0.05) is 27.1 Å². The number of hydrogen-bond donors (Lipinski definition) is 0. The van der Waals surface area contributed by atoms with Crippen LogP contribution in [0.15, 0.2) is 224 Å². The Morgan fingerprint density at radius 3 is 1.03 bits per heavy atom. The van der Waals surface area contributed by atoms with Crippen molar-refractivity contribution in [3.05, 3.63) is 224 Å². The molecule has 0 N–H and O–H groups in total. The quantitative estimate of drug-likeness (QED) is 0.161. The third kappa shape index (κ3) is 6.06. The monoisotopic (exact) mass is 807 g/mol. The molecule has 0 spiro atoms. The maximum atomic E-state index is 9.32. The molecule has 3 heterocycles. The summed E-state index contributed by atoms with van der Waals surface area (Å²) < 4.78 is 146. The van der Waals surface area contributed by atoms with Gasteiger partial charge in [-0.3, -0.25) is 9.13 Å². The molecule has 0 aliphatic heterocycles. The van der Waals surface area contributed by atoms with Crippen LogP contribution >= 0.6 is 0 Å². The first-order valence-corrected chi connectivity index (χ1v) is 19.6. The van der Waals surface area contributed by atoms with Crippen molar-refractivity contribution in [3.63, 3.8) is 0 Å². The molecule has 0 saturated heterocycles. The Kier molecular flexibility index (Phi) is 5.41. The summed E-state index contributed by atoms with van der Waals surface area (Å²) in [4.78, 5) is 14.9. The molecule has 5 nitrogen and oxygen atoms in total. The molecule has 0 saturated carbocycles. The molecule has 0 unspecified atom stereocenters. The van der Waals surface area contributed by atoms with Crippen LogP contribution in [0.25, 0.3) is 111 Å². The van der Waals surface area contributed by atoms with Gasteiger partial charge >= 0.3 is 0 Å². The molecule has 0 aliphatic carbocycles. The molecular weight excluding hydrogens is 755 g/mol. The largest absolute Gasteiger partial charge is 0.278 e. The number of rotatable bonds is 7. The molecule has 5 heteroatoms. The van der Waals surface area contributed by atoms with Gasteiger partial charge in [-0.25, -0.2) is 0 Å². The van der Waals surface area contributed by atoms with Gasteiger partial charge in [0.2, 0.25) is 11.9 Å². The Balaban J connectivity index is 1.22. The predicted molar refractivity (Wildman–Crippen MR) is 256 cm³/mol. The fraction of sp³-hybridized carbons (Fsp3) is 0. The van der Waals surface area contributed by atoms with Gasteiger partial charge in [-0.05, 0) is 99.0 Å². The van der Waals surface area contributed by atoms with Crippen LogP contribution in [0.2, 0.25) is 0 Å². The highest BCUT2D eigenvalue weighted by atomic mass is 15.3. The number of hydrogen-bond acceptors (Lipinski definition) is 3. The van der Waals surface area contributed by atoms with Gasteiger partial charge in [0.25, 0.3) is 0 Å². The van der Waals surface area contributed by atoms with Gasteiger partial charge in [0.15, 0.2) is 5.82 Å².